The average molecular weight is 476 g/mol. The Morgan fingerprint density at radius 1 is 1.11 bits per heavy atom. The molecule has 3 amide bonds. The van der Waals surface area contributed by atoms with E-state index in [0.717, 1.165) is 0 Å². The van der Waals surface area contributed by atoms with Crippen molar-refractivity contribution in [1.29, 1.82) is 0 Å². The Balaban J connectivity index is 1.77. The summed E-state index contributed by atoms with van der Waals surface area (Å²) in [5.41, 5.74) is 0.889. The van der Waals surface area contributed by atoms with Crippen LogP contribution in [0, 0.1) is 0 Å². The normalized spacial score (nSPS) is 22.5. The third kappa shape index (κ3) is 3.71. The van der Waals surface area contributed by atoms with Gasteiger partial charge >= 0.3 is 0 Å². The molecule has 1 fully saturated rings. The maximum atomic E-state index is 13.7. The number of aliphatic hydroxyl groups excluding tert-OH is 1. The summed E-state index contributed by atoms with van der Waals surface area (Å²) in [6, 6.07) is 8.82. The molecule has 10 nitrogen and oxygen atoms in total. The van der Waals surface area contributed by atoms with Crippen molar-refractivity contribution in [2.75, 3.05) is 11.9 Å². The molecule has 2 aliphatic heterocycles. The van der Waals surface area contributed by atoms with Crippen molar-refractivity contribution in [2.45, 2.75) is 38.0 Å². The van der Waals surface area contributed by atoms with E-state index in [-0.39, 0.29) is 34.5 Å². The van der Waals surface area contributed by atoms with Crippen LogP contribution in [0.3, 0.4) is 0 Å². The highest BCUT2D eigenvalue weighted by Crippen LogP contribution is 2.36. The van der Waals surface area contributed by atoms with Crippen LogP contribution >= 0.6 is 0 Å². The molecule has 0 aliphatic carbocycles. The Hall–Kier alpha value is -4.18. The lowest BCUT2D eigenvalue weighted by Gasteiger charge is -2.30. The summed E-state index contributed by atoms with van der Waals surface area (Å²) >= 11 is 0. The summed E-state index contributed by atoms with van der Waals surface area (Å²) in [4.78, 5) is 53.8. The maximum absolute atomic E-state index is 13.7. The molecule has 10 heteroatoms. The molecule has 35 heavy (non-hydrogen) atoms. The number of aliphatic hydroxyl groups is 1. The van der Waals surface area contributed by atoms with E-state index in [9.17, 15) is 29.4 Å². The van der Waals surface area contributed by atoms with Gasteiger partial charge in [-0.25, -0.2) is 0 Å². The van der Waals surface area contributed by atoms with E-state index in [1.807, 2.05) is 0 Å². The van der Waals surface area contributed by atoms with Crippen LogP contribution in [-0.2, 0) is 14.4 Å². The predicted octanol–water partition coefficient (Wildman–Crippen LogP) is 1.52. The maximum Gasteiger partial charge on any atom is 0.264 e. The Labute approximate surface area is 200 Å². The number of fused-ring (bicyclic) bond motifs is 7. The quantitative estimate of drug-likeness (QED) is 0.420. The van der Waals surface area contributed by atoms with Gasteiger partial charge in [0, 0.05) is 30.6 Å². The number of anilines is 1. The van der Waals surface area contributed by atoms with Crippen LogP contribution in [0.15, 0.2) is 48.7 Å². The van der Waals surface area contributed by atoms with Crippen LogP contribution in [0.4, 0.5) is 5.69 Å². The first kappa shape index (κ1) is 22.6. The van der Waals surface area contributed by atoms with Gasteiger partial charge in [-0.15, -0.1) is 0 Å². The number of phenols is 1. The molecule has 2 bridgehead atoms. The minimum absolute atomic E-state index is 0.102. The van der Waals surface area contributed by atoms with Crippen LogP contribution in [-0.4, -0.2) is 61.9 Å². The van der Waals surface area contributed by atoms with E-state index in [0.29, 0.717) is 18.4 Å². The zero-order chi connectivity index (χ0) is 24.9. The molecule has 3 aromatic rings. The third-order valence-corrected chi connectivity index (χ3v) is 6.57. The van der Waals surface area contributed by atoms with Gasteiger partial charge in [0.1, 0.15) is 23.9 Å². The number of carbonyl (C=O) groups excluding carboxylic acids is 4. The number of para-hydroxylation sites is 1. The molecule has 0 saturated carbocycles. The standard InChI is InChI=1S/C25H24N4O6/c1-13(30)26-21-22(32)15-12-29(17-8-4-10-19(31)20(15)17)24(34)14-6-2-3-7-16(14)27-23(33)18-9-5-11-28(18)25(21)35/h2-4,6-8,10,12,18,21-22,31-32H,5,9,11H2,1H3,(H,26,30)(H,27,33). The van der Waals surface area contributed by atoms with Crippen LogP contribution in [0.1, 0.15) is 41.8 Å². The number of amides is 3. The average Bonchev–Trinajstić information content (AvgIpc) is 3.47. The monoisotopic (exact) mass is 476 g/mol. The van der Waals surface area contributed by atoms with Crippen molar-refractivity contribution < 1.29 is 29.4 Å². The Kier molecular flexibility index (Phi) is 5.52. The second kappa shape index (κ2) is 8.55. The fraction of sp³-hybridized carbons (Fsp3) is 0.280. The van der Waals surface area contributed by atoms with Gasteiger partial charge in [0.05, 0.1) is 16.8 Å². The summed E-state index contributed by atoms with van der Waals surface area (Å²) in [6.45, 7) is 1.49. The van der Waals surface area contributed by atoms with Gasteiger partial charge in [0.15, 0.2) is 0 Å². The van der Waals surface area contributed by atoms with Crippen molar-refractivity contribution in [3.8, 4) is 5.75 Å². The molecule has 180 valence electrons. The lowest BCUT2D eigenvalue weighted by molar-refractivity contribution is -0.142. The molecular weight excluding hydrogens is 452 g/mol. The predicted molar refractivity (Wildman–Crippen MR) is 126 cm³/mol. The zero-order valence-electron chi connectivity index (χ0n) is 18.9. The first-order valence-electron chi connectivity index (χ1n) is 11.3. The van der Waals surface area contributed by atoms with E-state index >= 15 is 0 Å². The van der Waals surface area contributed by atoms with Gasteiger partial charge in [0.2, 0.25) is 17.7 Å². The number of hydrogen-bond donors (Lipinski definition) is 4. The Morgan fingerprint density at radius 2 is 1.89 bits per heavy atom. The van der Waals surface area contributed by atoms with Crippen molar-refractivity contribution in [1.82, 2.24) is 14.8 Å². The molecule has 4 N–H and O–H groups in total. The largest absolute Gasteiger partial charge is 0.507 e. The lowest BCUT2D eigenvalue weighted by atomic mass is 9.99. The SMILES string of the molecule is CC(=O)NC1C(=O)N2CCCC2C(=O)Nc2ccccc2C(=O)n2cc(c3c(O)cccc32)C1O. The van der Waals surface area contributed by atoms with E-state index < -0.39 is 41.8 Å². The van der Waals surface area contributed by atoms with Crippen LogP contribution in [0.25, 0.3) is 10.9 Å². The molecule has 5 rings (SSSR count). The minimum atomic E-state index is -1.60. The first-order chi connectivity index (χ1) is 16.8. The number of aromatic nitrogens is 1. The van der Waals surface area contributed by atoms with Crippen LogP contribution < -0.4 is 10.6 Å². The second-order valence-corrected chi connectivity index (χ2v) is 8.78. The fourth-order valence-electron chi connectivity index (χ4n) is 4.97. The lowest BCUT2D eigenvalue weighted by Crippen LogP contribution is -2.54. The summed E-state index contributed by atoms with van der Waals surface area (Å²) in [5.74, 6) is -2.32. The number of phenolic OH excluding ortho intramolecular Hbond substituents is 1. The fourth-order valence-corrected chi connectivity index (χ4v) is 4.97. The smallest absolute Gasteiger partial charge is 0.264 e. The number of nitrogens with one attached hydrogen (secondary N) is 2. The van der Waals surface area contributed by atoms with Gasteiger partial charge in [0.25, 0.3) is 5.91 Å². The highest BCUT2D eigenvalue weighted by atomic mass is 16.3. The van der Waals surface area contributed by atoms with Gasteiger partial charge in [-0.05, 0) is 37.1 Å². The molecule has 3 unspecified atom stereocenters. The van der Waals surface area contributed by atoms with E-state index in [2.05, 4.69) is 10.6 Å². The van der Waals surface area contributed by atoms with Crippen LogP contribution in [0.2, 0.25) is 0 Å². The summed E-state index contributed by atoms with van der Waals surface area (Å²) in [7, 11) is 0. The second-order valence-electron chi connectivity index (χ2n) is 8.78. The van der Waals surface area contributed by atoms with Gasteiger partial charge in [-0.1, -0.05) is 18.2 Å². The minimum Gasteiger partial charge on any atom is -0.507 e. The molecule has 0 spiro atoms. The number of aromatic hydroxyl groups is 1. The van der Waals surface area contributed by atoms with E-state index in [4.69, 9.17) is 0 Å². The summed E-state index contributed by atoms with van der Waals surface area (Å²) in [6.07, 6.45) is 0.719. The highest BCUT2D eigenvalue weighted by Gasteiger charge is 2.42. The topological polar surface area (TPSA) is 141 Å². The summed E-state index contributed by atoms with van der Waals surface area (Å²) in [5, 5.41) is 27.5. The van der Waals surface area contributed by atoms with Crippen LogP contribution in [0.5, 0.6) is 5.75 Å². The molecule has 1 aromatic heterocycles. The molecule has 0 radical (unpaired) electrons. The van der Waals surface area contributed by atoms with Gasteiger partial charge < -0.3 is 25.7 Å². The number of hydrogen-bond acceptors (Lipinski definition) is 6. The number of nitrogens with zero attached hydrogens (tertiary/aromatic N) is 2. The Bertz CT molecular complexity index is 1380. The molecule has 1 saturated heterocycles. The molecule has 3 atom stereocenters. The van der Waals surface area contributed by atoms with E-state index in [1.165, 1.54) is 28.7 Å². The number of benzene rings is 2. The van der Waals surface area contributed by atoms with Crippen molar-refractivity contribution in [3.05, 3.63) is 59.8 Å². The molecule has 2 aliphatic rings. The highest BCUT2D eigenvalue weighted by molar-refractivity contribution is 6.10. The number of carbonyl (C=O) groups is 4. The molecule has 2 aromatic carbocycles. The Morgan fingerprint density at radius 3 is 2.66 bits per heavy atom. The van der Waals surface area contributed by atoms with Crippen molar-refractivity contribution in [2.24, 2.45) is 0 Å². The van der Waals surface area contributed by atoms with Crippen molar-refractivity contribution in [3.63, 3.8) is 0 Å². The first-order valence-corrected chi connectivity index (χ1v) is 11.3. The van der Waals surface area contributed by atoms with Gasteiger partial charge in [-0.2, -0.15) is 0 Å². The summed E-state index contributed by atoms with van der Waals surface area (Å²) < 4.78 is 1.26. The molecular formula is C25H24N4O6. The zero-order valence-corrected chi connectivity index (χ0v) is 18.9. The molecule has 3 heterocycles. The van der Waals surface area contributed by atoms with Gasteiger partial charge in [-0.3, -0.25) is 23.7 Å². The number of rotatable bonds is 1. The third-order valence-electron chi connectivity index (χ3n) is 6.57. The van der Waals surface area contributed by atoms with Crippen molar-refractivity contribution >= 4 is 40.2 Å². The van der Waals surface area contributed by atoms with E-state index in [1.54, 1.807) is 36.4 Å².